The van der Waals surface area contributed by atoms with Crippen LogP contribution in [0.5, 0.6) is 0 Å². The summed E-state index contributed by atoms with van der Waals surface area (Å²) >= 11 is 0. The van der Waals surface area contributed by atoms with Gasteiger partial charge in [-0.25, -0.2) is 0 Å². The molecule has 0 aliphatic carbocycles. The van der Waals surface area contributed by atoms with Crippen molar-refractivity contribution in [3.63, 3.8) is 0 Å². The molecule has 2 aliphatic rings. The summed E-state index contributed by atoms with van der Waals surface area (Å²) in [5.41, 5.74) is 11.4. The number of aliphatic hydroxyl groups is 4. The number of rotatable bonds is 29. The van der Waals surface area contributed by atoms with Crippen molar-refractivity contribution in [1.82, 2.24) is 16.0 Å². The Labute approximate surface area is 375 Å². The van der Waals surface area contributed by atoms with Crippen LogP contribution in [0.2, 0.25) is 0 Å². The van der Waals surface area contributed by atoms with E-state index in [2.05, 4.69) is 16.0 Å². The molecule has 2 aliphatic heterocycles. The van der Waals surface area contributed by atoms with Crippen molar-refractivity contribution in [2.45, 2.75) is 191 Å². The SMILES string of the molecule is CC(=O)OCC1OC(OCCCCC(=O)NCCCC[C@H](NC(=O)CCCCOC2OC(COC(C)=O)C(O)C(O)C2N)C(=O)NCCCCCC(=O)OC(C)(C)C)C(N)C(O)C1O. The maximum Gasteiger partial charge on any atom is 0.306 e. The molecule has 2 heterocycles. The van der Waals surface area contributed by atoms with Gasteiger partial charge >= 0.3 is 17.9 Å². The third-order valence-corrected chi connectivity index (χ3v) is 10.2. The molecule has 0 spiro atoms. The molecule has 0 radical (unpaired) electrons. The van der Waals surface area contributed by atoms with Crippen LogP contribution in [0, 0.1) is 0 Å². The second-order valence-electron chi connectivity index (χ2n) is 17.1. The zero-order valence-electron chi connectivity index (χ0n) is 38.0. The zero-order chi connectivity index (χ0) is 47.8. The fourth-order valence-corrected chi connectivity index (χ4v) is 6.68. The Bertz CT molecular complexity index is 1440. The quantitative estimate of drug-likeness (QED) is 0.0242. The molecule has 0 aromatic heterocycles. The van der Waals surface area contributed by atoms with Crippen molar-refractivity contribution >= 4 is 35.6 Å². The average Bonchev–Trinajstić information content (AvgIpc) is 3.22. The Morgan fingerprint density at radius 2 is 1.08 bits per heavy atom. The first-order valence-electron chi connectivity index (χ1n) is 22.3. The first-order valence-corrected chi connectivity index (χ1v) is 22.3. The number of hydrogen-bond acceptors (Lipinski definition) is 19. The smallest absolute Gasteiger partial charge is 0.306 e. The van der Waals surface area contributed by atoms with Crippen LogP contribution in [-0.4, -0.2) is 169 Å². The second kappa shape index (κ2) is 29.9. The number of hydrogen-bond donors (Lipinski definition) is 9. The number of ether oxygens (including phenoxy) is 7. The number of nitrogens with two attached hydrogens (primary N) is 2. The third-order valence-electron chi connectivity index (χ3n) is 10.2. The van der Waals surface area contributed by atoms with E-state index in [1.54, 1.807) is 20.8 Å². The molecule has 64 heavy (non-hydrogen) atoms. The number of aliphatic hydroxyl groups excluding tert-OH is 4. The highest BCUT2D eigenvalue weighted by atomic mass is 16.7. The van der Waals surface area contributed by atoms with E-state index in [9.17, 15) is 49.2 Å². The Balaban J connectivity index is 1.77. The number of esters is 3. The molecule has 11 N–H and O–H groups in total. The number of carbonyl (C=O) groups excluding carboxylic acids is 6. The van der Waals surface area contributed by atoms with Crippen LogP contribution in [0.25, 0.3) is 0 Å². The second-order valence-corrected chi connectivity index (χ2v) is 17.1. The van der Waals surface area contributed by atoms with Gasteiger partial charge in [0.2, 0.25) is 17.7 Å². The van der Waals surface area contributed by atoms with E-state index in [4.69, 9.17) is 44.6 Å². The van der Waals surface area contributed by atoms with Gasteiger partial charge in [0.15, 0.2) is 12.6 Å². The summed E-state index contributed by atoms with van der Waals surface area (Å²) in [4.78, 5) is 73.0. The molecule has 22 heteroatoms. The van der Waals surface area contributed by atoms with Crippen LogP contribution < -0.4 is 27.4 Å². The van der Waals surface area contributed by atoms with Crippen molar-refractivity contribution in [3.8, 4) is 0 Å². The van der Waals surface area contributed by atoms with Gasteiger partial charge in [0, 0.05) is 59.4 Å². The summed E-state index contributed by atoms with van der Waals surface area (Å²) in [6, 6.07) is -2.93. The molecule has 0 aromatic rings. The minimum Gasteiger partial charge on any atom is -0.463 e. The number of carbonyl (C=O) groups is 6. The van der Waals surface area contributed by atoms with Crippen LogP contribution in [0.4, 0.5) is 0 Å². The highest BCUT2D eigenvalue weighted by Crippen LogP contribution is 2.23. The lowest BCUT2D eigenvalue weighted by Gasteiger charge is -2.40. The van der Waals surface area contributed by atoms with Crippen LogP contribution in [0.1, 0.15) is 118 Å². The first-order chi connectivity index (χ1) is 30.2. The van der Waals surface area contributed by atoms with Gasteiger partial charge < -0.3 is 81.0 Å². The molecule has 2 rings (SSSR count). The lowest BCUT2D eigenvalue weighted by molar-refractivity contribution is -0.267. The molecular formula is C42H75N5O17. The van der Waals surface area contributed by atoms with Gasteiger partial charge in [-0.2, -0.15) is 0 Å². The Morgan fingerprint density at radius 1 is 0.609 bits per heavy atom. The van der Waals surface area contributed by atoms with Crippen molar-refractivity contribution < 1.29 is 82.4 Å². The maximum atomic E-state index is 13.2. The number of unbranched alkanes of at least 4 members (excludes halogenated alkanes) is 5. The van der Waals surface area contributed by atoms with Gasteiger partial charge in [-0.15, -0.1) is 0 Å². The van der Waals surface area contributed by atoms with Crippen molar-refractivity contribution in [3.05, 3.63) is 0 Å². The highest BCUT2D eigenvalue weighted by Gasteiger charge is 2.45. The molecule has 0 saturated carbocycles. The monoisotopic (exact) mass is 922 g/mol. The van der Waals surface area contributed by atoms with E-state index in [1.807, 2.05) is 0 Å². The van der Waals surface area contributed by atoms with Gasteiger partial charge in [0.1, 0.15) is 61.5 Å². The van der Waals surface area contributed by atoms with Gasteiger partial charge in [-0.3, -0.25) is 28.8 Å². The number of nitrogens with one attached hydrogen (secondary N) is 3. The van der Waals surface area contributed by atoms with Gasteiger partial charge in [-0.1, -0.05) is 6.42 Å². The molecule has 11 atom stereocenters. The number of amides is 3. The molecule has 22 nitrogen and oxygen atoms in total. The van der Waals surface area contributed by atoms with E-state index in [1.165, 1.54) is 13.8 Å². The Hall–Kier alpha value is -3.58. The van der Waals surface area contributed by atoms with Crippen molar-refractivity contribution in [1.29, 1.82) is 0 Å². The third kappa shape index (κ3) is 22.6. The lowest BCUT2D eigenvalue weighted by Crippen LogP contribution is -2.62. The van der Waals surface area contributed by atoms with Crippen LogP contribution in [0.3, 0.4) is 0 Å². The summed E-state index contributed by atoms with van der Waals surface area (Å²) in [5.74, 6) is -2.33. The minimum absolute atomic E-state index is 0.0784. The maximum absolute atomic E-state index is 13.2. The lowest BCUT2D eigenvalue weighted by atomic mass is 9.98. The standard InChI is InChI=1S/C42H75N5O17/c1-25(48)60-23-28-35(53)37(55)33(43)40(62-28)58-21-13-9-16-30(50)45-19-12-8-15-27(39(57)46-20-11-6-7-18-32(52)64-42(3,4)5)47-31(51)17-10-14-22-59-41-34(44)38(56)36(54)29(63-41)24-61-26(2)49/h27-29,33-38,40-41,53-56H,6-24,43-44H2,1-5H3,(H,45,50)(H,46,57)(H,47,51)/t27-,28?,29?,33?,34?,35?,36?,37?,38?,40?,41?/m0/s1. The highest BCUT2D eigenvalue weighted by molar-refractivity contribution is 5.87. The van der Waals surface area contributed by atoms with Crippen LogP contribution in [-0.2, 0) is 61.9 Å². The summed E-state index contributed by atoms with van der Waals surface area (Å²) in [7, 11) is 0. The largest absolute Gasteiger partial charge is 0.463 e. The first kappa shape index (κ1) is 56.5. The predicted octanol–water partition coefficient (Wildman–Crippen LogP) is -1.18. The van der Waals surface area contributed by atoms with E-state index in [-0.39, 0.29) is 69.4 Å². The molecule has 370 valence electrons. The predicted molar refractivity (Wildman–Crippen MR) is 226 cm³/mol. The minimum atomic E-state index is -1.38. The van der Waals surface area contributed by atoms with Crippen LogP contribution in [0.15, 0.2) is 0 Å². The van der Waals surface area contributed by atoms with Crippen LogP contribution >= 0.6 is 0 Å². The van der Waals surface area contributed by atoms with E-state index >= 15 is 0 Å². The van der Waals surface area contributed by atoms with E-state index in [0.717, 1.165) is 0 Å². The van der Waals surface area contributed by atoms with Crippen molar-refractivity contribution in [2.75, 3.05) is 39.5 Å². The Morgan fingerprint density at radius 3 is 1.58 bits per heavy atom. The summed E-state index contributed by atoms with van der Waals surface area (Å²) in [6.07, 6.45) is -4.12. The van der Waals surface area contributed by atoms with Crippen molar-refractivity contribution in [2.24, 2.45) is 11.5 Å². The zero-order valence-corrected chi connectivity index (χ0v) is 38.0. The molecule has 0 aromatic carbocycles. The van der Waals surface area contributed by atoms with Gasteiger partial charge in [0.25, 0.3) is 0 Å². The molecule has 10 unspecified atom stereocenters. The van der Waals surface area contributed by atoms with Gasteiger partial charge in [-0.05, 0) is 78.6 Å². The topological polar surface area (TPSA) is 336 Å². The molecule has 2 saturated heterocycles. The fourth-order valence-electron chi connectivity index (χ4n) is 6.68. The molecule has 2 fully saturated rings. The van der Waals surface area contributed by atoms with Gasteiger partial charge in [0.05, 0.1) is 12.1 Å². The summed E-state index contributed by atoms with van der Waals surface area (Å²) < 4.78 is 37.7. The molecular weight excluding hydrogens is 846 g/mol. The summed E-state index contributed by atoms with van der Waals surface area (Å²) in [5, 5.41) is 49.5. The molecule has 3 amide bonds. The molecule has 0 bridgehead atoms. The fraction of sp³-hybridized carbons (Fsp3) is 0.857. The average molecular weight is 922 g/mol. The van der Waals surface area contributed by atoms with E-state index in [0.29, 0.717) is 77.3 Å². The summed E-state index contributed by atoms with van der Waals surface area (Å²) in [6.45, 7) is 8.20. The Kier molecular flexibility index (Phi) is 26.4. The van der Waals surface area contributed by atoms with E-state index < -0.39 is 84.9 Å². The normalized spacial score (nSPS) is 26.3.